The summed E-state index contributed by atoms with van der Waals surface area (Å²) in [5.74, 6) is -0.0144. The Bertz CT molecular complexity index is 843. The normalized spacial score (nSPS) is 14.9. The smallest absolute Gasteiger partial charge is 0.270 e. The standard InChI is InChI=1S/C21H25Cl2N3O2/c1-3-11-26(21(28)18-14-17(22)19(23)24(18)2)16-9-12-25(13-10-16)20(27)15-7-5-4-6-8-15/h4-8,14,16H,3,9-13H2,1-2H3. The highest BCUT2D eigenvalue weighted by Gasteiger charge is 2.31. The van der Waals surface area contributed by atoms with Gasteiger partial charge in [-0.25, -0.2) is 0 Å². The molecule has 1 aliphatic rings. The molecule has 1 saturated heterocycles. The van der Waals surface area contributed by atoms with Gasteiger partial charge >= 0.3 is 0 Å². The molecule has 0 atom stereocenters. The molecular formula is C21H25Cl2N3O2. The zero-order chi connectivity index (χ0) is 20.3. The van der Waals surface area contributed by atoms with E-state index in [1.165, 1.54) is 0 Å². The van der Waals surface area contributed by atoms with Crippen LogP contribution in [0.15, 0.2) is 36.4 Å². The quantitative estimate of drug-likeness (QED) is 0.713. The number of piperidine rings is 1. The van der Waals surface area contributed by atoms with Crippen molar-refractivity contribution in [3.05, 3.63) is 57.8 Å². The third-order valence-electron chi connectivity index (χ3n) is 5.27. The third-order valence-corrected chi connectivity index (χ3v) is 6.12. The molecule has 7 heteroatoms. The Hall–Kier alpha value is -1.98. The van der Waals surface area contributed by atoms with E-state index in [4.69, 9.17) is 23.2 Å². The molecule has 1 fully saturated rings. The second-order valence-electron chi connectivity index (χ2n) is 7.12. The number of rotatable bonds is 5. The molecule has 5 nitrogen and oxygen atoms in total. The summed E-state index contributed by atoms with van der Waals surface area (Å²) in [4.78, 5) is 29.6. The average molecular weight is 422 g/mol. The number of amides is 2. The Kier molecular flexibility index (Phi) is 6.68. The summed E-state index contributed by atoms with van der Waals surface area (Å²) < 4.78 is 1.63. The van der Waals surface area contributed by atoms with Gasteiger partial charge in [-0.1, -0.05) is 48.3 Å². The second-order valence-corrected chi connectivity index (χ2v) is 7.88. The minimum atomic E-state index is -0.0639. The summed E-state index contributed by atoms with van der Waals surface area (Å²) in [6, 6.07) is 11.0. The zero-order valence-corrected chi connectivity index (χ0v) is 17.7. The lowest BCUT2D eigenvalue weighted by molar-refractivity contribution is 0.0513. The third kappa shape index (κ3) is 4.20. The molecule has 2 aromatic rings. The number of likely N-dealkylation sites (tertiary alicyclic amines) is 1. The van der Waals surface area contributed by atoms with Crippen molar-refractivity contribution < 1.29 is 9.59 Å². The van der Waals surface area contributed by atoms with E-state index in [1.807, 2.05) is 40.1 Å². The van der Waals surface area contributed by atoms with Gasteiger partial charge in [0.25, 0.3) is 11.8 Å². The first-order valence-electron chi connectivity index (χ1n) is 9.60. The molecule has 1 aliphatic heterocycles. The Morgan fingerprint density at radius 2 is 1.79 bits per heavy atom. The van der Waals surface area contributed by atoms with Crippen LogP contribution < -0.4 is 0 Å². The van der Waals surface area contributed by atoms with Crippen LogP contribution in [0.1, 0.15) is 47.0 Å². The van der Waals surface area contributed by atoms with E-state index in [2.05, 4.69) is 6.92 Å². The zero-order valence-electron chi connectivity index (χ0n) is 16.2. The van der Waals surface area contributed by atoms with Gasteiger partial charge in [-0.05, 0) is 37.5 Å². The first-order chi connectivity index (χ1) is 13.4. The summed E-state index contributed by atoms with van der Waals surface area (Å²) in [5.41, 5.74) is 1.20. The van der Waals surface area contributed by atoms with Crippen LogP contribution in [-0.2, 0) is 7.05 Å². The fourth-order valence-electron chi connectivity index (χ4n) is 3.73. The van der Waals surface area contributed by atoms with Crippen molar-refractivity contribution in [2.75, 3.05) is 19.6 Å². The van der Waals surface area contributed by atoms with Crippen LogP contribution >= 0.6 is 23.2 Å². The van der Waals surface area contributed by atoms with E-state index in [-0.39, 0.29) is 17.9 Å². The van der Waals surface area contributed by atoms with Crippen molar-refractivity contribution in [1.29, 1.82) is 0 Å². The molecule has 0 aliphatic carbocycles. The van der Waals surface area contributed by atoms with E-state index < -0.39 is 0 Å². The van der Waals surface area contributed by atoms with Crippen molar-refractivity contribution in [3.8, 4) is 0 Å². The van der Waals surface area contributed by atoms with Crippen LogP contribution in [0.4, 0.5) is 0 Å². The minimum absolute atomic E-state index is 0.0495. The lowest BCUT2D eigenvalue weighted by atomic mass is 10.0. The number of carbonyl (C=O) groups excluding carboxylic acids is 2. The number of halogens is 2. The maximum Gasteiger partial charge on any atom is 0.270 e. The highest BCUT2D eigenvalue weighted by molar-refractivity contribution is 6.41. The van der Waals surface area contributed by atoms with E-state index in [1.54, 1.807) is 17.7 Å². The minimum Gasteiger partial charge on any atom is -0.338 e. The topological polar surface area (TPSA) is 45.6 Å². The van der Waals surface area contributed by atoms with Gasteiger partial charge in [0, 0.05) is 38.3 Å². The lowest BCUT2D eigenvalue weighted by Crippen LogP contribution is -2.49. The fourth-order valence-corrected chi connectivity index (χ4v) is 4.11. The van der Waals surface area contributed by atoms with Crippen molar-refractivity contribution in [1.82, 2.24) is 14.4 Å². The molecule has 150 valence electrons. The molecule has 1 aromatic heterocycles. The van der Waals surface area contributed by atoms with Gasteiger partial charge < -0.3 is 14.4 Å². The van der Waals surface area contributed by atoms with Gasteiger partial charge in [0.1, 0.15) is 10.8 Å². The molecule has 2 amide bonds. The Morgan fingerprint density at radius 1 is 1.14 bits per heavy atom. The molecule has 0 radical (unpaired) electrons. The largest absolute Gasteiger partial charge is 0.338 e. The summed E-state index contributed by atoms with van der Waals surface area (Å²) >= 11 is 12.2. The second kappa shape index (κ2) is 9.01. The fraction of sp³-hybridized carbons (Fsp3) is 0.429. The number of aromatic nitrogens is 1. The molecule has 0 spiro atoms. The highest BCUT2D eigenvalue weighted by Crippen LogP contribution is 2.27. The van der Waals surface area contributed by atoms with Gasteiger partial charge in [0.05, 0.1) is 5.02 Å². The van der Waals surface area contributed by atoms with Gasteiger partial charge in [-0.2, -0.15) is 0 Å². The monoisotopic (exact) mass is 421 g/mol. The van der Waals surface area contributed by atoms with Crippen LogP contribution in [0.5, 0.6) is 0 Å². The van der Waals surface area contributed by atoms with Crippen LogP contribution in [-0.4, -0.2) is 51.9 Å². The number of hydrogen-bond donors (Lipinski definition) is 0. The molecule has 3 rings (SSSR count). The van der Waals surface area contributed by atoms with Crippen molar-refractivity contribution in [2.24, 2.45) is 7.05 Å². The predicted octanol–water partition coefficient (Wildman–Crippen LogP) is 4.49. The van der Waals surface area contributed by atoms with Gasteiger partial charge in [0.2, 0.25) is 0 Å². The SMILES string of the molecule is CCCN(C(=O)c1cc(Cl)c(Cl)n1C)C1CCN(C(=O)c2ccccc2)CC1. The molecular weight excluding hydrogens is 397 g/mol. The molecule has 0 bridgehead atoms. The summed E-state index contributed by atoms with van der Waals surface area (Å²) in [6.45, 7) is 4.00. The molecule has 2 heterocycles. The van der Waals surface area contributed by atoms with E-state index >= 15 is 0 Å². The number of carbonyl (C=O) groups is 2. The van der Waals surface area contributed by atoms with Crippen molar-refractivity contribution in [3.63, 3.8) is 0 Å². The number of nitrogens with zero attached hydrogens (tertiary/aromatic N) is 3. The van der Waals surface area contributed by atoms with Crippen LogP contribution in [0.2, 0.25) is 10.2 Å². The average Bonchev–Trinajstić information content (AvgIpc) is 2.99. The van der Waals surface area contributed by atoms with Crippen molar-refractivity contribution >= 4 is 35.0 Å². The first kappa shape index (κ1) is 20.7. The summed E-state index contributed by atoms with van der Waals surface area (Å²) in [7, 11) is 1.74. The first-order valence-corrected chi connectivity index (χ1v) is 10.4. The van der Waals surface area contributed by atoms with Crippen molar-refractivity contribution in [2.45, 2.75) is 32.2 Å². The predicted molar refractivity (Wildman–Crippen MR) is 112 cm³/mol. The maximum absolute atomic E-state index is 13.2. The molecule has 28 heavy (non-hydrogen) atoms. The van der Waals surface area contributed by atoms with Crippen LogP contribution in [0, 0.1) is 0 Å². The van der Waals surface area contributed by atoms with Crippen LogP contribution in [0.25, 0.3) is 0 Å². The van der Waals surface area contributed by atoms with E-state index in [0.29, 0.717) is 41.1 Å². The number of benzene rings is 1. The van der Waals surface area contributed by atoms with Gasteiger partial charge in [-0.3, -0.25) is 9.59 Å². The number of hydrogen-bond acceptors (Lipinski definition) is 2. The molecule has 0 unspecified atom stereocenters. The highest BCUT2D eigenvalue weighted by atomic mass is 35.5. The lowest BCUT2D eigenvalue weighted by Gasteiger charge is -2.38. The Balaban J connectivity index is 1.70. The summed E-state index contributed by atoms with van der Waals surface area (Å²) in [6.07, 6.45) is 2.38. The van der Waals surface area contributed by atoms with Crippen LogP contribution in [0.3, 0.4) is 0 Å². The maximum atomic E-state index is 13.2. The van der Waals surface area contributed by atoms with Gasteiger partial charge in [-0.15, -0.1) is 0 Å². The van der Waals surface area contributed by atoms with E-state index in [9.17, 15) is 9.59 Å². The molecule has 0 saturated carbocycles. The van der Waals surface area contributed by atoms with Gasteiger partial charge in [0.15, 0.2) is 0 Å². The molecule has 0 N–H and O–H groups in total. The Labute approximate surface area is 175 Å². The Morgan fingerprint density at radius 3 is 2.32 bits per heavy atom. The molecule has 1 aromatic carbocycles. The van der Waals surface area contributed by atoms with E-state index in [0.717, 1.165) is 19.3 Å². The summed E-state index contributed by atoms with van der Waals surface area (Å²) in [5, 5.41) is 0.747.